The molecular formula is C20H10N2O2S. The van der Waals surface area contributed by atoms with Gasteiger partial charge in [0.1, 0.15) is 0 Å². The number of benzene rings is 3. The maximum absolute atomic E-state index is 12.5. The number of aromatic amines is 1. The summed E-state index contributed by atoms with van der Waals surface area (Å²) in [6, 6.07) is 16.0. The molecule has 0 aliphatic carbocycles. The zero-order valence-corrected chi connectivity index (χ0v) is 13.7. The van der Waals surface area contributed by atoms with E-state index in [1.165, 1.54) is 0 Å². The lowest BCUT2D eigenvalue weighted by Gasteiger charge is -2.02. The molecule has 2 amide bonds. The van der Waals surface area contributed by atoms with Crippen LogP contribution in [-0.2, 0) is 0 Å². The van der Waals surface area contributed by atoms with Crippen molar-refractivity contribution in [3.05, 3.63) is 59.7 Å². The van der Waals surface area contributed by atoms with E-state index in [-0.39, 0.29) is 11.8 Å². The molecule has 0 unspecified atom stereocenters. The molecule has 4 nitrogen and oxygen atoms in total. The van der Waals surface area contributed by atoms with Crippen LogP contribution in [0.15, 0.2) is 48.5 Å². The van der Waals surface area contributed by atoms with E-state index in [4.69, 9.17) is 0 Å². The van der Waals surface area contributed by atoms with Crippen LogP contribution in [0.1, 0.15) is 20.7 Å². The summed E-state index contributed by atoms with van der Waals surface area (Å²) in [6.45, 7) is 0. The van der Waals surface area contributed by atoms with Crippen molar-refractivity contribution >= 4 is 65.1 Å². The number of H-pyrrole nitrogens is 1. The highest BCUT2D eigenvalue weighted by Gasteiger charge is 2.34. The first kappa shape index (κ1) is 13.1. The topological polar surface area (TPSA) is 62.0 Å². The maximum Gasteiger partial charge on any atom is 0.260 e. The van der Waals surface area contributed by atoms with E-state index in [1.807, 2.05) is 36.4 Å². The number of hydrogen-bond acceptors (Lipinski definition) is 3. The predicted molar refractivity (Wildman–Crippen MR) is 100 cm³/mol. The van der Waals surface area contributed by atoms with E-state index in [0.29, 0.717) is 11.1 Å². The van der Waals surface area contributed by atoms with Gasteiger partial charge in [-0.2, -0.15) is 0 Å². The predicted octanol–water partition coefficient (Wildman–Crippen LogP) is 4.57. The summed E-state index contributed by atoms with van der Waals surface area (Å²) in [5.74, 6) is -0.613. The summed E-state index contributed by atoms with van der Waals surface area (Å²) in [7, 11) is 0. The fraction of sp³-hybridized carbons (Fsp3) is 0. The number of para-hydroxylation sites is 1. The molecule has 2 N–H and O–H groups in total. The van der Waals surface area contributed by atoms with Gasteiger partial charge < -0.3 is 4.98 Å². The summed E-state index contributed by atoms with van der Waals surface area (Å²) >= 11 is 1.56. The summed E-state index contributed by atoms with van der Waals surface area (Å²) in [5.41, 5.74) is 2.90. The third-order valence-electron chi connectivity index (χ3n) is 4.96. The molecule has 0 saturated carbocycles. The van der Waals surface area contributed by atoms with Crippen molar-refractivity contribution in [2.45, 2.75) is 0 Å². The number of rotatable bonds is 0. The Hall–Kier alpha value is -3.18. The monoisotopic (exact) mass is 342 g/mol. The van der Waals surface area contributed by atoms with Crippen molar-refractivity contribution in [2.75, 3.05) is 0 Å². The van der Waals surface area contributed by atoms with Crippen LogP contribution in [0.3, 0.4) is 0 Å². The lowest BCUT2D eigenvalue weighted by Crippen LogP contribution is -2.20. The highest BCUT2D eigenvalue weighted by Crippen LogP contribution is 2.45. The molecule has 3 heterocycles. The van der Waals surface area contributed by atoms with Gasteiger partial charge in [-0.15, -0.1) is 11.3 Å². The molecule has 0 spiro atoms. The zero-order valence-electron chi connectivity index (χ0n) is 12.8. The molecule has 0 bridgehead atoms. The molecule has 1 aliphatic rings. The minimum Gasteiger partial charge on any atom is -0.354 e. The van der Waals surface area contributed by atoms with Crippen molar-refractivity contribution in [3.63, 3.8) is 0 Å². The van der Waals surface area contributed by atoms with Crippen molar-refractivity contribution in [1.82, 2.24) is 10.3 Å². The van der Waals surface area contributed by atoms with E-state index < -0.39 is 0 Å². The number of aromatic nitrogens is 1. The van der Waals surface area contributed by atoms with Gasteiger partial charge in [-0.3, -0.25) is 14.9 Å². The number of imide groups is 1. The maximum atomic E-state index is 12.5. The zero-order chi connectivity index (χ0) is 16.7. The Balaban J connectivity index is 2.04. The SMILES string of the molecule is O=C1NC(=O)c2c1c1sc3ccccc3c1c1[nH]c3ccccc3c21. The molecule has 6 rings (SSSR count). The van der Waals surface area contributed by atoms with Gasteiger partial charge in [0.05, 0.1) is 21.3 Å². The molecule has 118 valence electrons. The summed E-state index contributed by atoms with van der Waals surface area (Å²) in [4.78, 5) is 28.6. The number of thiophene rings is 1. The average molecular weight is 342 g/mol. The normalized spacial score (nSPS) is 14.1. The van der Waals surface area contributed by atoms with Crippen LogP contribution in [0.2, 0.25) is 0 Å². The Labute approximate surface area is 145 Å². The second-order valence-corrected chi connectivity index (χ2v) is 7.31. The standard InChI is InChI=1S/C20H10N2O2S/c23-19-15-13-9-5-1-3-7-11(9)21-17(13)14-10-6-2-4-8-12(10)25-18(14)16(15)20(24)22-19/h1-8,21H,(H,22,23,24). The largest absolute Gasteiger partial charge is 0.354 e. The van der Waals surface area contributed by atoms with Crippen molar-refractivity contribution in [3.8, 4) is 0 Å². The molecule has 0 atom stereocenters. The van der Waals surface area contributed by atoms with Crippen LogP contribution in [0.5, 0.6) is 0 Å². The number of hydrogen-bond donors (Lipinski definition) is 2. The van der Waals surface area contributed by atoms with E-state index in [2.05, 4.69) is 22.4 Å². The molecule has 3 aromatic carbocycles. The van der Waals surface area contributed by atoms with Gasteiger partial charge in [0.25, 0.3) is 11.8 Å². The fourth-order valence-corrected chi connectivity index (χ4v) is 5.23. The van der Waals surface area contributed by atoms with Crippen molar-refractivity contribution in [1.29, 1.82) is 0 Å². The first-order chi connectivity index (χ1) is 12.2. The minimum absolute atomic E-state index is 0.302. The summed E-state index contributed by atoms with van der Waals surface area (Å²) in [6.07, 6.45) is 0. The second-order valence-electron chi connectivity index (χ2n) is 6.26. The van der Waals surface area contributed by atoms with Crippen molar-refractivity contribution < 1.29 is 9.59 Å². The minimum atomic E-state index is -0.311. The highest BCUT2D eigenvalue weighted by molar-refractivity contribution is 7.26. The number of amides is 2. The third kappa shape index (κ3) is 1.47. The van der Waals surface area contributed by atoms with Crippen LogP contribution in [0.4, 0.5) is 0 Å². The van der Waals surface area contributed by atoms with Crippen LogP contribution in [0, 0.1) is 0 Å². The van der Waals surface area contributed by atoms with Gasteiger partial charge in [0.2, 0.25) is 0 Å². The Morgan fingerprint density at radius 2 is 1.48 bits per heavy atom. The lowest BCUT2D eigenvalue weighted by molar-refractivity contribution is 0.0880. The van der Waals surface area contributed by atoms with Crippen LogP contribution in [0.25, 0.3) is 42.0 Å². The number of nitrogens with one attached hydrogen (secondary N) is 2. The Kier molecular flexibility index (Phi) is 2.24. The number of carbonyl (C=O) groups is 2. The second kappa shape index (κ2) is 4.26. The number of fused-ring (bicyclic) bond motifs is 10. The summed E-state index contributed by atoms with van der Waals surface area (Å²) in [5, 5.41) is 6.42. The molecule has 5 heteroatoms. The average Bonchev–Trinajstić information content (AvgIpc) is 3.26. The van der Waals surface area contributed by atoms with Crippen LogP contribution < -0.4 is 5.32 Å². The molecule has 0 fully saturated rings. The molecule has 5 aromatic rings. The fourth-order valence-electron chi connectivity index (χ4n) is 3.97. The molecule has 0 saturated heterocycles. The molecule has 1 aliphatic heterocycles. The molecule has 2 aromatic heterocycles. The highest BCUT2D eigenvalue weighted by atomic mass is 32.1. The van der Waals surface area contributed by atoms with Gasteiger partial charge >= 0.3 is 0 Å². The van der Waals surface area contributed by atoms with Gasteiger partial charge in [-0.05, 0) is 12.1 Å². The quantitative estimate of drug-likeness (QED) is 0.405. The molecular weight excluding hydrogens is 332 g/mol. The Morgan fingerprint density at radius 1 is 0.760 bits per heavy atom. The summed E-state index contributed by atoms with van der Waals surface area (Å²) < 4.78 is 1.98. The van der Waals surface area contributed by atoms with Crippen molar-refractivity contribution in [2.24, 2.45) is 0 Å². The first-order valence-corrected chi connectivity index (χ1v) is 8.79. The van der Waals surface area contributed by atoms with Gasteiger partial charge in [-0.25, -0.2) is 0 Å². The van der Waals surface area contributed by atoms with Gasteiger partial charge in [0.15, 0.2) is 0 Å². The van der Waals surface area contributed by atoms with E-state index >= 15 is 0 Å². The third-order valence-corrected chi connectivity index (χ3v) is 6.15. The lowest BCUT2D eigenvalue weighted by atomic mass is 9.98. The smallest absolute Gasteiger partial charge is 0.260 e. The van der Waals surface area contributed by atoms with Crippen LogP contribution in [-0.4, -0.2) is 16.8 Å². The van der Waals surface area contributed by atoms with E-state index in [9.17, 15) is 9.59 Å². The number of carbonyl (C=O) groups excluding carboxylic acids is 2. The Morgan fingerprint density at radius 3 is 2.36 bits per heavy atom. The van der Waals surface area contributed by atoms with E-state index in [0.717, 1.165) is 42.0 Å². The first-order valence-electron chi connectivity index (χ1n) is 7.97. The van der Waals surface area contributed by atoms with Gasteiger partial charge in [-0.1, -0.05) is 36.4 Å². The van der Waals surface area contributed by atoms with E-state index in [1.54, 1.807) is 11.3 Å². The van der Waals surface area contributed by atoms with Gasteiger partial charge in [0, 0.05) is 31.8 Å². The Bertz CT molecular complexity index is 1410. The van der Waals surface area contributed by atoms with Crippen LogP contribution >= 0.6 is 11.3 Å². The molecule has 25 heavy (non-hydrogen) atoms. The molecule has 0 radical (unpaired) electrons.